The monoisotopic (exact) mass is 309 g/mol. The Bertz CT molecular complexity index is 798. The number of rotatable bonds is 3. The van der Waals surface area contributed by atoms with Crippen molar-refractivity contribution in [2.45, 2.75) is 6.18 Å². The Balaban J connectivity index is 1.87. The van der Waals surface area contributed by atoms with Gasteiger partial charge in [-0.1, -0.05) is 0 Å². The lowest BCUT2D eigenvalue weighted by atomic mass is 10.3. The first-order valence-electron chi connectivity index (χ1n) is 6.17. The molecular weight excluding hydrogens is 299 g/mol. The summed E-state index contributed by atoms with van der Waals surface area (Å²) < 4.78 is 42.7. The number of H-pyrrole nitrogens is 1. The van der Waals surface area contributed by atoms with E-state index in [2.05, 4.69) is 25.3 Å². The highest BCUT2D eigenvalue weighted by atomic mass is 19.4. The lowest BCUT2D eigenvalue weighted by Gasteiger charge is -2.05. The number of nitrogens with zero attached hydrogens (tertiary/aromatic N) is 3. The van der Waals surface area contributed by atoms with Gasteiger partial charge in [-0.05, 0) is 24.3 Å². The Morgan fingerprint density at radius 3 is 2.50 bits per heavy atom. The molecule has 0 fully saturated rings. The number of aromatic amines is 1. The summed E-state index contributed by atoms with van der Waals surface area (Å²) in [7, 11) is 1.55. The van der Waals surface area contributed by atoms with Crippen LogP contribution in [0.2, 0.25) is 0 Å². The average molecular weight is 309 g/mol. The summed E-state index contributed by atoms with van der Waals surface area (Å²) >= 11 is 0. The second kappa shape index (κ2) is 5.17. The Morgan fingerprint density at radius 1 is 1.14 bits per heavy atom. The van der Waals surface area contributed by atoms with Crippen LogP contribution in [0.25, 0.3) is 11.3 Å². The quantitative estimate of drug-likeness (QED) is 0.777. The standard InChI is InChI=1S/C13H10F3N5O/c1-22-8-4-2-7(3-5-8)18-9-6-17-10-11(19-9)21-12(20-10)13(14,15)16/h2-6H,1H3,(H2,17,18,19,20,21). The average Bonchev–Trinajstić information content (AvgIpc) is 2.91. The van der Waals surface area contributed by atoms with Crippen molar-refractivity contribution in [3.63, 3.8) is 0 Å². The minimum Gasteiger partial charge on any atom is -0.497 e. The molecule has 0 aliphatic carbocycles. The van der Waals surface area contributed by atoms with E-state index in [1.165, 1.54) is 6.20 Å². The van der Waals surface area contributed by atoms with Crippen LogP contribution >= 0.6 is 0 Å². The predicted molar refractivity (Wildman–Crippen MR) is 73.0 cm³/mol. The number of hydrogen-bond acceptors (Lipinski definition) is 5. The van der Waals surface area contributed by atoms with Crippen LogP contribution in [-0.2, 0) is 6.18 Å². The second-order valence-corrected chi connectivity index (χ2v) is 4.36. The molecule has 3 rings (SSSR count). The molecule has 0 radical (unpaired) electrons. The first-order valence-corrected chi connectivity index (χ1v) is 6.17. The Kier molecular flexibility index (Phi) is 3.32. The number of ether oxygens (including phenoxy) is 1. The van der Waals surface area contributed by atoms with Gasteiger partial charge in [-0.15, -0.1) is 0 Å². The van der Waals surface area contributed by atoms with Gasteiger partial charge in [0.1, 0.15) is 5.75 Å². The molecule has 0 saturated carbocycles. The highest BCUT2D eigenvalue weighted by Crippen LogP contribution is 2.28. The first-order chi connectivity index (χ1) is 10.5. The van der Waals surface area contributed by atoms with E-state index in [9.17, 15) is 13.2 Å². The highest BCUT2D eigenvalue weighted by molar-refractivity contribution is 5.69. The van der Waals surface area contributed by atoms with Crippen molar-refractivity contribution in [1.29, 1.82) is 0 Å². The normalized spacial score (nSPS) is 11.6. The minimum absolute atomic E-state index is 0.0363. The molecule has 0 unspecified atom stereocenters. The number of anilines is 2. The molecule has 0 bridgehead atoms. The van der Waals surface area contributed by atoms with Crippen molar-refractivity contribution in [1.82, 2.24) is 19.9 Å². The molecule has 22 heavy (non-hydrogen) atoms. The molecule has 0 saturated heterocycles. The third-order valence-corrected chi connectivity index (χ3v) is 2.84. The molecule has 0 aliphatic rings. The van der Waals surface area contributed by atoms with Crippen LogP contribution in [0.4, 0.5) is 24.7 Å². The second-order valence-electron chi connectivity index (χ2n) is 4.36. The van der Waals surface area contributed by atoms with E-state index in [1.807, 2.05) is 0 Å². The summed E-state index contributed by atoms with van der Waals surface area (Å²) in [6.45, 7) is 0. The summed E-state index contributed by atoms with van der Waals surface area (Å²) in [5, 5.41) is 2.94. The summed E-state index contributed by atoms with van der Waals surface area (Å²) in [4.78, 5) is 13.3. The van der Waals surface area contributed by atoms with Crippen LogP contribution in [0.3, 0.4) is 0 Å². The Morgan fingerprint density at radius 2 is 1.86 bits per heavy atom. The van der Waals surface area contributed by atoms with Gasteiger partial charge in [-0.2, -0.15) is 13.2 Å². The SMILES string of the molecule is COc1ccc(Nc2cnc3nc(C(F)(F)F)[nH]c3n2)cc1. The van der Waals surface area contributed by atoms with Gasteiger partial charge in [-0.3, -0.25) is 0 Å². The minimum atomic E-state index is -4.56. The van der Waals surface area contributed by atoms with Crippen molar-refractivity contribution >= 4 is 22.8 Å². The van der Waals surface area contributed by atoms with Gasteiger partial charge in [0.2, 0.25) is 5.82 Å². The fourth-order valence-corrected chi connectivity index (χ4v) is 1.81. The molecule has 2 heterocycles. The third-order valence-electron chi connectivity index (χ3n) is 2.84. The molecule has 114 valence electrons. The lowest BCUT2D eigenvalue weighted by molar-refractivity contribution is -0.144. The zero-order valence-electron chi connectivity index (χ0n) is 11.3. The molecule has 1 aromatic carbocycles. The molecule has 2 aromatic heterocycles. The number of halogens is 3. The van der Waals surface area contributed by atoms with E-state index < -0.39 is 12.0 Å². The van der Waals surface area contributed by atoms with E-state index in [0.29, 0.717) is 17.3 Å². The van der Waals surface area contributed by atoms with Gasteiger partial charge >= 0.3 is 6.18 Å². The molecule has 0 atom stereocenters. The van der Waals surface area contributed by atoms with Crippen molar-refractivity contribution in [3.8, 4) is 5.75 Å². The maximum Gasteiger partial charge on any atom is 0.449 e. The highest BCUT2D eigenvalue weighted by Gasteiger charge is 2.35. The van der Waals surface area contributed by atoms with Crippen LogP contribution in [0.15, 0.2) is 30.5 Å². The van der Waals surface area contributed by atoms with Gasteiger partial charge in [0, 0.05) is 5.69 Å². The van der Waals surface area contributed by atoms with E-state index in [1.54, 1.807) is 31.4 Å². The molecular formula is C13H10F3N5O. The molecule has 9 heteroatoms. The molecule has 0 aliphatic heterocycles. The lowest BCUT2D eigenvalue weighted by Crippen LogP contribution is -2.06. The van der Waals surface area contributed by atoms with Gasteiger partial charge in [0.25, 0.3) is 0 Å². The zero-order valence-corrected chi connectivity index (χ0v) is 11.3. The van der Waals surface area contributed by atoms with Crippen molar-refractivity contribution in [3.05, 3.63) is 36.3 Å². The van der Waals surface area contributed by atoms with Crippen LogP contribution in [0.1, 0.15) is 5.82 Å². The zero-order chi connectivity index (χ0) is 15.7. The summed E-state index contributed by atoms with van der Waals surface area (Å²) in [6, 6.07) is 6.98. The topological polar surface area (TPSA) is 75.7 Å². The number of aromatic nitrogens is 4. The van der Waals surface area contributed by atoms with Crippen LogP contribution in [0, 0.1) is 0 Å². The predicted octanol–water partition coefficient (Wildman–Crippen LogP) is 3.12. The number of imidazole rings is 1. The van der Waals surface area contributed by atoms with Gasteiger partial charge in [0.05, 0.1) is 13.3 Å². The number of alkyl halides is 3. The smallest absolute Gasteiger partial charge is 0.449 e. The van der Waals surface area contributed by atoms with Crippen molar-refractivity contribution in [2.24, 2.45) is 0 Å². The van der Waals surface area contributed by atoms with Gasteiger partial charge in [0.15, 0.2) is 17.1 Å². The van der Waals surface area contributed by atoms with E-state index in [0.717, 1.165) is 0 Å². The number of nitrogens with one attached hydrogen (secondary N) is 2. The summed E-state index contributed by atoms with van der Waals surface area (Å²) in [6.07, 6.45) is -3.25. The van der Waals surface area contributed by atoms with Crippen molar-refractivity contribution in [2.75, 3.05) is 12.4 Å². The molecule has 3 aromatic rings. The number of benzene rings is 1. The molecule has 2 N–H and O–H groups in total. The maximum absolute atomic E-state index is 12.6. The van der Waals surface area contributed by atoms with Gasteiger partial charge < -0.3 is 15.0 Å². The molecule has 6 nitrogen and oxygen atoms in total. The molecule has 0 amide bonds. The van der Waals surface area contributed by atoms with Crippen LogP contribution < -0.4 is 10.1 Å². The maximum atomic E-state index is 12.6. The van der Waals surface area contributed by atoms with Crippen LogP contribution in [-0.4, -0.2) is 27.0 Å². The fraction of sp³-hybridized carbons (Fsp3) is 0.154. The Hall–Kier alpha value is -2.84. The van der Waals surface area contributed by atoms with E-state index in [4.69, 9.17) is 4.74 Å². The van der Waals surface area contributed by atoms with Crippen molar-refractivity contribution < 1.29 is 17.9 Å². The summed E-state index contributed by atoms with van der Waals surface area (Å²) in [5.41, 5.74) is 0.573. The largest absolute Gasteiger partial charge is 0.497 e. The number of hydrogen-bond donors (Lipinski definition) is 2. The fourth-order valence-electron chi connectivity index (χ4n) is 1.81. The number of methoxy groups -OCH3 is 1. The first kappa shape index (κ1) is 14.1. The number of fused-ring (bicyclic) bond motifs is 1. The van der Waals surface area contributed by atoms with E-state index >= 15 is 0 Å². The Labute approximate surface area is 122 Å². The third kappa shape index (κ3) is 2.78. The summed E-state index contributed by atoms with van der Waals surface area (Å²) in [5.74, 6) is -0.130. The van der Waals surface area contributed by atoms with Crippen LogP contribution in [0.5, 0.6) is 5.75 Å². The van der Waals surface area contributed by atoms with E-state index in [-0.39, 0.29) is 11.3 Å². The molecule has 0 spiro atoms. The van der Waals surface area contributed by atoms with Gasteiger partial charge in [-0.25, -0.2) is 15.0 Å².